The van der Waals surface area contributed by atoms with Crippen molar-refractivity contribution in [3.05, 3.63) is 46.7 Å². The van der Waals surface area contributed by atoms with Crippen LogP contribution in [0.2, 0.25) is 0 Å². The zero-order valence-corrected chi connectivity index (χ0v) is 9.74. The van der Waals surface area contributed by atoms with Crippen molar-refractivity contribution >= 4 is 17.2 Å². The van der Waals surface area contributed by atoms with Gasteiger partial charge in [-0.15, -0.1) is 0 Å². The van der Waals surface area contributed by atoms with Crippen molar-refractivity contribution in [2.24, 2.45) is 0 Å². The maximum absolute atomic E-state index is 11.0. The van der Waals surface area contributed by atoms with Gasteiger partial charge in [0, 0.05) is 12.4 Å². The Labute approximate surface area is 110 Å². The molecule has 0 saturated carbocycles. The van der Waals surface area contributed by atoms with Gasteiger partial charge in [0.15, 0.2) is 5.82 Å². The van der Waals surface area contributed by atoms with Crippen LogP contribution in [-0.2, 0) is 0 Å². The van der Waals surface area contributed by atoms with Crippen molar-refractivity contribution in [3.8, 4) is 5.82 Å². The number of hydrogen-bond donors (Lipinski definition) is 1. The summed E-state index contributed by atoms with van der Waals surface area (Å²) in [6.45, 7) is 0. The van der Waals surface area contributed by atoms with E-state index in [-0.39, 0.29) is 5.82 Å². The number of nitro groups is 1. The fourth-order valence-electron chi connectivity index (χ4n) is 1.78. The van der Waals surface area contributed by atoms with Gasteiger partial charge in [0.1, 0.15) is 11.7 Å². The lowest BCUT2D eigenvalue weighted by molar-refractivity contribution is -0.385. The number of nitrogens with zero attached hydrogens (tertiary/aromatic N) is 6. The van der Waals surface area contributed by atoms with Gasteiger partial charge in [-0.3, -0.25) is 10.1 Å². The molecule has 0 saturated heterocycles. The first-order valence-corrected chi connectivity index (χ1v) is 5.34. The molecule has 3 rings (SSSR count). The number of hydrogen-bond acceptors (Lipinski definition) is 6. The molecule has 0 aliphatic carbocycles. The van der Waals surface area contributed by atoms with Gasteiger partial charge in [-0.05, 0) is 6.07 Å². The molecular formula is C10H6N6O4. The van der Waals surface area contributed by atoms with E-state index in [1.165, 1.54) is 16.9 Å². The zero-order chi connectivity index (χ0) is 14.3. The summed E-state index contributed by atoms with van der Waals surface area (Å²) >= 11 is 0. The van der Waals surface area contributed by atoms with Crippen LogP contribution in [0.3, 0.4) is 0 Å². The summed E-state index contributed by atoms with van der Waals surface area (Å²) < 4.78 is 2.55. The molecule has 3 heterocycles. The average molecular weight is 274 g/mol. The van der Waals surface area contributed by atoms with Crippen LogP contribution in [0.15, 0.2) is 30.9 Å². The normalized spacial score (nSPS) is 10.8. The molecule has 0 atom stereocenters. The van der Waals surface area contributed by atoms with E-state index in [9.17, 15) is 14.9 Å². The van der Waals surface area contributed by atoms with Crippen LogP contribution in [0.25, 0.3) is 11.3 Å². The summed E-state index contributed by atoms with van der Waals surface area (Å²) in [5.41, 5.74) is -0.694. The molecule has 0 aliphatic heterocycles. The van der Waals surface area contributed by atoms with Crippen molar-refractivity contribution in [2.75, 3.05) is 0 Å². The Morgan fingerprint density at radius 1 is 1.40 bits per heavy atom. The predicted molar refractivity (Wildman–Crippen MR) is 63.7 cm³/mol. The van der Waals surface area contributed by atoms with Gasteiger partial charge in [0.25, 0.3) is 0 Å². The molecule has 10 nitrogen and oxygen atoms in total. The molecule has 0 radical (unpaired) electrons. The second kappa shape index (κ2) is 4.12. The van der Waals surface area contributed by atoms with Gasteiger partial charge >= 0.3 is 11.7 Å². The lowest BCUT2D eigenvalue weighted by atomic mass is 10.4. The van der Waals surface area contributed by atoms with Gasteiger partial charge < -0.3 is 5.11 Å². The molecule has 0 unspecified atom stereocenters. The van der Waals surface area contributed by atoms with Crippen molar-refractivity contribution in [1.82, 2.24) is 24.4 Å². The molecule has 1 N–H and O–H groups in total. The SMILES string of the molecule is O=C(O)c1nn(-c2nccn3nccc23)cc1[N+](=O)[O-]. The minimum Gasteiger partial charge on any atom is -0.476 e. The number of fused-ring (bicyclic) bond motifs is 1. The van der Waals surface area contributed by atoms with E-state index in [0.717, 1.165) is 10.9 Å². The molecule has 0 bridgehead atoms. The highest BCUT2D eigenvalue weighted by atomic mass is 16.6. The van der Waals surface area contributed by atoms with E-state index < -0.39 is 22.3 Å². The van der Waals surface area contributed by atoms with Crippen LogP contribution >= 0.6 is 0 Å². The molecule has 3 aromatic rings. The number of aromatic nitrogens is 5. The fourth-order valence-corrected chi connectivity index (χ4v) is 1.78. The first-order chi connectivity index (χ1) is 9.58. The molecule has 0 aliphatic rings. The number of rotatable bonds is 3. The highest BCUT2D eigenvalue weighted by molar-refractivity contribution is 5.90. The van der Waals surface area contributed by atoms with E-state index in [1.54, 1.807) is 12.3 Å². The quantitative estimate of drug-likeness (QED) is 0.544. The second-order valence-electron chi connectivity index (χ2n) is 3.78. The molecule has 0 amide bonds. The highest BCUT2D eigenvalue weighted by Crippen LogP contribution is 2.20. The monoisotopic (exact) mass is 274 g/mol. The Balaban J connectivity index is 2.25. The van der Waals surface area contributed by atoms with Crippen LogP contribution < -0.4 is 0 Å². The minimum atomic E-state index is -1.48. The van der Waals surface area contributed by atoms with E-state index in [0.29, 0.717) is 5.52 Å². The van der Waals surface area contributed by atoms with Crippen LogP contribution in [0.4, 0.5) is 5.69 Å². The Morgan fingerprint density at radius 2 is 2.20 bits per heavy atom. The van der Waals surface area contributed by atoms with Gasteiger partial charge in [-0.2, -0.15) is 10.2 Å². The summed E-state index contributed by atoms with van der Waals surface area (Å²) in [5, 5.41) is 27.5. The van der Waals surface area contributed by atoms with Gasteiger partial charge in [-0.1, -0.05) is 0 Å². The maximum Gasteiger partial charge on any atom is 0.363 e. The van der Waals surface area contributed by atoms with Gasteiger partial charge in [0.05, 0.1) is 11.1 Å². The third kappa shape index (κ3) is 1.67. The molecule has 20 heavy (non-hydrogen) atoms. The molecule has 0 aromatic carbocycles. The largest absolute Gasteiger partial charge is 0.476 e. The Hall–Kier alpha value is -3.30. The Kier molecular flexibility index (Phi) is 2.42. The van der Waals surface area contributed by atoms with Crippen LogP contribution in [0, 0.1) is 10.1 Å². The standard InChI is InChI=1S/C10H6N6O4/c17-10(18)8-7(16(19)20)5-15(13-8)9-6-1-2-12-14(6)4-3-11-9/h1-5H,(H,17,18). The van der Waals surface area contributed by atoms with Crippen LogP contribution in [0.5, 0.6) is 0 Å². The van der Waals surface area contributed by atoms with E-state index in [2.05, 4.69) is 15.2 Å². The van der Waals surface area contributed by atoms with Crippen molar-refractivity contribution in [2.45, 2.75) is 0 Å². The van der Waals surface area contributed by atoms with Gasteiger partial charge in [-0.25, -0.2) is 19.0 Å². The maximum atomic E-state index is 11.0. The molecule has 3 aromatic heterocycles. The van der Waals surface area contributed by atoms with Crippen molar-refractivity contribution < 1.29 is 14.8 Å². The van der Waals surface area contributed by atoms with E-state index in [1.807, 2.05) is 0 Å². The number of carboxylic acid groups (broad SMARTS) is 1. The second-order valence-corrected chi connectivity index (χ2v) is 3.78. The third-order valence-corrected chi connectivity index (χ3v) is 2.62. The van der Waals surface area contributed by atoms with Gasteiger partial charge in [0.2, 0.25) is 5.69 Å². The number of aromatic carboxylic acids is 1. The highest BCUT2D eigenvalue weighted by Gasteiger charge is 2.26. The van der Waals surface area contributed by atoms with Crippen LogP contribution in [0.1, 0.15) is 10.5 Å². The van der Waals surface area contributed by atoms with E-state index >= 15 is 0 Å². The minimum absolute atomic E-state index is 0.251. The molecular weight excluding hydrogens is 268 g/mol. The summed E-state index contributed by atoms with van der Waals surface area (Å²) in [5.74, 6) is -1.23. The summed E-state index contributed by atoms with van der Waals surface area (Å²) in [6, 6.07) is 1.64. The lowest BCUT2D eigenvalue weighted by Crippen LogP contribution is -2.05. The summed E-state index contributed by atoms with van der Waals surface area (Å²) in [4.78, 5) is 25.0. The Bertz CT molecular complexity index is 804. The smallest absolute Gasteiger partial charge is 0.363 e. The fraction of sp³-hybridized carbons (Fsp3) is 0. The molecule has 0 fully saturated rings. The number of carboxylic acids is 1. The number of carbonyl (C=O) groups is 1. The first-order valence-electron chi connectivity index (χ1n) is 5.34. The average Bonchev–Trinajstić information content (AvgIpc) is 3.04. The van der Waals surface area contributed by atoms with Crippen molar-refractivity contribution in [3.63, 3.8) is 0 Å². The summed E-state index contributed by atoms with van der Waals surface area (Å²) in [7, 11) is 0. The first kappa shape index (κ1) is 11.8. The van der Waals surface area contributed by atoms with Crippen LogP contribution in [-0.4, -0.2) is 40.4 Å². The molecule has 0 spiro atoms. The van der Waals surface area contributed by atoms with Crippen molar-refractivity contribution in [1.29, 1.82) is 0 Å². The third-order valence-electron chi connectivity index (χ3n) is 2.62. The predicted octanol–water partition coefficient (Wildman–Crippen LogP) is 0.521. The lowest BCUT2D eigenvalue weighted by Gasteiger charge is -2.01. The Morgan fingerprint density at radius 3 is 2.85 bits per heavy atom. The molecule has 10 heteroatoms. The topological polar surface area (TPSA) is 128 Å². The zero-order valence-electron chi connectivity index (χ0n) is 9.74. The summed E-state index contributed by atoms with van der Waals surface area (Å²) in [6.07, 6.45) is 5.56. The molecule has 100 valence electrons. The van der Waals surface area contributed by atoms with E-state index in [4.69, 9.17) is 5.11 Å².